The zero-order valence-electron chi connectivity index (χ0n) is 6.71. The average molecular weight is 155 g/mol. The van der Waals surface area contributed by atoms with Gasteiger partial charge in [-0.3, -0.25) is 0 Å². The maximum atomic E-state index is 8.89. The fourth-order valence-corrected chi connectivity index (χ4v) is 0. The van der Waals surface area contributed by atoms with Crippen LogP contribution >= 0.6 is 0 Å². The molecule has 0 aliphatic carbocycles. The second-order valence-corrected chi connectivity index (χ2v) is 0.715. The fourth-order valence-electron chi connectivity index (χ4n) is 0. The molecule has 54 valence electrons. The van der Waals surface area contributed by atoms with E-state index in [4.69, 9.17) is 20.3 Å². The van der Waals surface area contributed by atoms with Crippen LogP contribution in [0.5, 0.6) is 0 Å². The van der Waals surface area contributed by atoms with Gasteiger partial charge in [-0.15, -0.1) is 0 Å². The molecule has 0 aromatic heterocycles. The zero-order valence-corrected chi connectivity index (χ0v) is 8.71. The number of carbonyl (C=O) groups is 1. The molecule has 0 saturated carbocycles. The standard InChI is InChI=1S/C2H3N.C2H4O2.CH4O.Na/c1-2-3;1-2(3)4;1-2;/h1H3;1H3,(H,3,4);2H,1H3;/q;;;+1/p-1. The van der Waals surface area contributed by atoms with Gasteiger partial charge in [0.25, 0.3) is 0 Å². The maximum Gasteiger partial charge on any atom is 1.00 e. The number of aliphatic carboxylic acids is 1. The molecule has 0 bridgehead atoms. The van der Waals surface area contributed by atoms with Gasteiger partial charge in [0.1, 0.15) is 0 Å². The molecule has 5 heteroatoms. The molecule has 0 unspecified atom stereocenters. The number of carboxylic acids is 1. The first-order chi connectivity index (χ1) is 4.15. The van der Waals surface area contributed by atoms with Crippen LogP contribution in [0.3, 0.4) is 0 Å². The summed E-state index contributed by atoms with van der Waals surface area (Å²) in [5.74, 6) is -1.08. The number of aliphatic hydroxyl groups is 1. The first-order valence-corrected chi connectivity index (χ1v) is 2.08. The largest absolute Gasteiger partial charge is 1.00 e. The number of carbonyl (C=O) groups excluding carboxylic acids is 1. The van der Waals surface area contributed by atoms with Gasteiger partial charge >= 0.3 is 29.6 Å². The van der Waals surface area contributed by atoms with Crippen molar-refractivity contribution in [3.05, 3.63) is 0 Å². The van der Waals surface area contributed by atoms with Crippen LogP contribution in [-0.4, -0.2) is 18.2 Å². The number of aliphatic hydroxyl groups excluding tert-OH is 1. The molecule has 0 fully saturated rings. The van der Waals surface area contributed by atoms with E-state index in [1.165, 1.54) is 6.92 Å². The van der Waals surface area contributed by atoms with Crippen LogP contribution in [0.1, 0.15) is 13.8 Å². The van der Waals surface area contributed by atoms with E-state index in [0.29, 0.717) is 0 Å². The van der Waals surface area contributed by atoms with Crippen LogP contribution in [0.2, 0.25) is 0 Å². The summed E-state index contributed by atoms with van der Waals surface area (Å²) in [6.45, 7) is 2.40. The second kappa shape index (κ2) is 36.4. The minimum Gasteiger partial charge on any atom is -0.550 e. The Bertz CT molecular complexity index is 85.4. The second-order valence-electron chi connectivity index (χ2n) is 0.715. The monoisotopic (exact) mass is 155 g/mol. The fraction of sp³-hybridized carbons (Fsp3) is 0.600. The Kier molecular flexibility index (Phi) is 82.0. The van der Waals surface area contributed by atoms with Crippen molar-refractivity contribution in [1.82, 2.24) is 0 Å². The minimum absolute atomic E-state index is 0. The van der Waals surface area contributed by atoms with Crippen LogP contribution in [0.25, 0.3) is 0 Å². The maximum absolute atomic E-state index is 8.89. The first-order valence-electron chi connectivity index (χ1n) is 2.08. The Morgan fingerprint density at radius 1 is 1.60 bits per heavy atom. The summed E-state index contributed by atoms with van der Waals surface area (Å²) in [6, 6.07) is 1.75. The predicted octanol–water partition coefficient (Wildman–Crippen LogP) is -4.10. The van der Waals surface area contributed by atoms with Crippen LogP contribution < -0.4 is 34.7 Å². The Morgan fingerprint density at radius 3 is 1.60 bits per heavy atom. The first kappa shape index (κ1) is 22.5. The third-order valence-electron chi connectivity index (χ3n) is 0. The van der Waals surface area contributed by atoms with E-state index in [2.05, 4.69) is 0 Å². The van der Waals surface area contributed by atoms with Gasteiger partial charge in [0.05, 0.1) is 6.07 Å². The molecule has 0 radical (unpaired) electrons. The van der Waals surface area contributed by atoms with Crippen molar-refractivity contribution in [2.45, 2.75) is 13.8 Å². The third kappa shape index (κ3) is 59300. The smallest absolute Gasteiger partial charge is 0.550 e. The minimum atomic E-state index is -1.08. The third-order valence-corrected chi connectivity index (χ3v) is 0. The molecule has 0 aliphatic rings. The quantitative estimate of drug-likeness (QED) is 0.360. The van der Waals surface area contributed by atoms with Crippen molar-refractivity contribution in [1.29, 1.82) is 5.26 Å². The summed E-state index contributed by atoms with van der Waals surface area (Å²) in [6.07, 6.45) is 0. The molecule has 0 aromatic rings. The molecule has 0 rings (SSSR count). The number of carboxylic acid groups (broad SMARTS) is 1. The van der Waals surface area contributed by atoms with E-state index >= 15 is 0 Å². The van der Waals surface area contributed by atoms with Gasteiger partial charge in [-0.25, -0.2) is 0 Å². The van der Waals surface area contributed by atoms with Crippen molar-refractivity contribution < 1.29 is 44.6 Å². The number of hydrogen-bond donors (Lipinski definition) is 1. The molecule has 0 amide bonds. The molecule has 4 nitrogen and oxygen atoms in total. The van der Waals surface area contributed by atoms with Crippen LogP contribution in [0.4, 0.5) is 0 Å². The number of rotatable bonds is 0. The van der Waals surface area contributed by atoms with Crippen molar-refractivity contribution in [3.63, 3.8) is 0 Å². The summed E-state index contributed by atoms with van der Waals surface area (Å²) < 4.78 is 0. The van der Waals surface area contributed by atoms with Crippen LogP contribution in [0.15, 0.2) is 0 Å². The van der Waals surface area contributed by atoms with Gasteiger partial charge in [0, 0.05) is 20.0 Å². The van der Waals surface area contributed by atoms with Gasteiger partial charge in [0.2, 0.25) is 0 Å². The Labute approximate surface area is 82.8 Å². The van der Waals surface area contributed by atoms with E-state index in [-0.39, 0.29) is 29.6 Å². The summed E-state index contributed by atoms with van der Waals surface area (Å²) in [5.41, 5.74) is 0. The number of hydrogen-bond acceptors (Lipinski definition) is 4. The van der Waals surface area contributed by atoms with Gasteiger partial charge in [-0.05, 0) is 6.92 Å². The van der Waals surface area contributed by atoms with Crippen molar-refractivity contribution >= 4 is 5.97 Å². The molecule has 0 heterocycles. The van der Waals surface area contributed by atoms with Gasteiger partial charge in [0.15, 0.2) is 0 Å². The van der Waals surface area contributed by atoms with Crippen molar-refractivity contribution in [3.8, 4) is 6.07 Å². The average Bonchev–Trinajstić information content (AvgIpc) is 1.71. The van der Waals surface area contributed by atoms with E-state index in [9.17, 15) is 0 Å². The topological polar surface area (TPSA) is 84.2 Å². The molecular weight excluding hydrogens is 145 g/mol. The molecule has 0 aliphatic heterocycles. The molecular formula is C5H10NNaO3. The van der Waals surface area contributed by atoms with Gasteiger partial charge in [-0.2, -0.15) is 5.26 Å². The summed E-state index contributed by atoms with van der Waals surface area (Å²) in [7, 11) is 1.00. The van der Waals surface area contributed by atoms with E-state index in [1.54, 1.807) is 6.07 Å². The van der Waals surface area contributed by atoms with Crippen LogP contribution in [-0.2, 0) is 4.79 Å². The summed E-state index contributed by atoms with van der Waals surface area (Å²) >= 11 is 0. The van der Waals surface area contributed by atoms with Gasteiger partial charge in [-0.1, -0.05) is 0 Å². The van der Waals surface area contributed by atoms with E-state index < -0.39 is 5.97 Å². The van der Waals surface area contributed by atoms with Crippen LogP contribution in [0, 0.1) is 11.3 Å². The molecule has 0 saturated heterocycles. The molecule has 10 heavy (non-hydrogen) atoms. The van der Waals surface area contributed by atoms with E-state index in [1.807, 2.05) is 0 Å². The molecule has 1 N–H and O–H groups in total. The number of nitriles is 1. The van der Waals surface area contributed by atoms with Crippen molar-refractivity contribution in [2.24, 2.45) is 0 Å². The SMILES string of the molecule is CC#N.CC(=O)[O-].CO.[Na+]. The molecule has 0 aromatic carbocycles. The normalized spacial score (nSPS) is 3.90. The summed E-state index contributed by atoms with van der Waals surface area (Å²) in [5, 5.41) is 23.2. The number of nitrogens with zero attached hydrogens (tertiary/aromatic N) is 1. The predicted molar refractivity (Wildman–Crippen MR) is 30.1 cm³/mol. The summed E-state index contributed by atoms with van der Waals surface area (Å²) in [4.78, 5) is 8.89. The van der Waals surface area contributed by atoms with Gasteiger partial charge < -0.3 is 15.0 Å². The zero-order chi connectivity index (χ0) is 8.28. The van der Waals surface area contributed by atoms with E-state index in [0.717, 1.165) is 14.0 Å². The van der Waals surface area contributed by atoms with Crippen molar-refractivity contribution in [2.75, 3.05) is 7.11 Å². The Morgan fingerprint density at radius 2 is 1.60 bits per heavy atom. The molecule has 0 atom stereocenters. The molecule has 0 spiro atoms. The Balaban J connectivity index is -0.0000000273. The Hall–Kier alpha value is -0.0800.